The van der Waals surface area contributed by atoms with Gasteiger partial charge in [-0.05, 0) is 98.1 Å². The maximum Gasteiger partial charge on any atom is 0.192 e. The quantitative estimate of drug-likeness (QED) is 0.0477. The van der Waals surface area contributed by atoms with Crippen LogP contribution in [0, 0.1) is 0 Å². The van der Waals surface area contributed by atoms with Gasteiger partial charge in [-0.2, -0.15) is 0 Å². The van der Waals surface area contributed by atoms with Crippen LogP contribution in [0.3, 0.4) is 0 Å². The van der Waals surface area contributed by atoms with Crippen molar-refractivity contribution in [3.8, 4) is 0 Å². The predicted molar refractivity (Wildman–Crippen MR) is 212 cm³/mol. The van der Waals surface area contributed by atoms with Crippen molar-refractivity contribution in [2.45, 2.75) is 183 Å². The number of nitrogens with one attached hydrogen (secondary N) is 1. The number of nitrogens with zero attached hydrogens (tertiary/aromatic N) is 2. The van der Waals surface area contributed by atoms with E-state index in [4.69, 9.17) is 18.1 Å². The van der Waals surface area contributed by atoms with Gasteiger partial charge in [0.15, 0.2) is 30.2 Å². The molecule has 0 aromatic heterocycles. The molecule has 0 aliphatic heterocycles. The van der Waals surface area contributed by atoms with Crippen LogP contribution in [0.25, 0.3) is 0 Å². The molecule has 47 heavy (non-hydrogen) atoms. The minimum absolute atomic E-state index is 0.122. The third-order valence-corrected chi connectivity index (χ3v) is 22.6. The van der Waals surface area contributed by atoms with Crippen molar-refractivity contribution >= 4 is 42.0 Å². The molecule has 0 aliphatic rings. The van der Waals surface area contributed by atoms with E-state index in [1.165, 1.54) is 11.8 Å². The van der Waals surface area contributed by atoms with E-state index in [2.05, 4.69) is 145 Å². The van der Waals surface area contributed by atoms with Gasteiger partial charge in [0.05, 0.1) is 37.9 Å². The van der Waals surface area contributed by atoms with Gasteiger partial charge in [0.25, 0.3) is 0 Å². The van der Waals surface area contributed by atoms with Gasteiger partial charge in [-0.1, -0.05) is 60.2 Å². The molecule has 0 aromatic carbocycles. The maximum atomic E-state index is 12.9. The number of hydrogen-bond donors (Lipinski definition) is 1. The molecular weight excluding hydrogens is 662 g/mol. The number of rotatable bonds is 23. The van der Waals surface area contributed by atoms with Crippen LogP contribution in [0.5, 0.6) is 0 Å². The number of thioether (sulfide) groups is 1. The number of ether oxygens (including phenoxy) is 1. The Kier molecular flexibility index (Phi) is 20.9. The third-order valence-electron chi connectivity index (χ3n) is 9.79. The summed E-state index contributed by atoms with van der Waals surface area (Å²) in [6.07, 6.45) is 1.28. The summed E-state index contributed by atoms with van der Waals surface area (Å²) in [7, 11) is -4.87. The van der Waals surface area contributed by atoms with Gasteiger partial charge in [0.2, 0.25) is 0 Å². The van der Waals surface area contributed by atoms with E-state index in [1.54, 1.807) is 0 Å². The normalized spacial score (nSPS) is 14.3. The SMILES string of the molecule is CCC(CO[Si](C)(C)C(C)(C)C)(CO[Si](C)(C)C(C)(C)C)NCCC(=O)SCOCCOP(N(C(C)C)C(C)C)N(C(C)C)C(C)C. The van der Waals surface area contributed by atoms with Crippen LogP contribution >= 0.6 is 20.2 Å². The van der Waals surface area contributed by atoms with Gasteiger partial charge >= 0.3 is 0 Å². The molecule has 0 bridgehead atoms. The van der Waals surface area contributed by atoms with Gasteiger partial charge in [0, 0.05) is 37.1 Å². The summed E-state index contributed by atoms with van der Waals surface area (Å²) in [5, 5.41) is 4.10. The fourth-order valence-corrected chi connectivity index (χ4v) is 9.67. The largest absolute Gasteiger partial charge is 0.415 e. The van der Waals surface area contributed by atoms with E-state index in [0.717, 1.165) is 6.42 Å². The van der Waals surface area contributed by atoms with Crippen molar-refractivity contribution in [3.63, 3.8) is 0 Å². The maximum absolute atomic E-state index is 12.9. The van der Waals surface area contributed by atoms with Crippen molar-refractivity contribution in [1.82, 2.24) is 14.7 Å². The van der Waals surface area contributed by atoms with E-state index in [0.29, 0.717) is 69.5 Å². The summed E-state index contributed by atoms with van der Waals surface area (Å²) in [5.41, 5.74) is -0.345. The Bertz CT molecular complexity index is 829. The standard InChI is InChI=1S/C35H78N3O5PSSi2/c1-20-35(25-42-46(16,17)33(10,11)12,26-43-47(18,19)34(13,14)15)36-22-21-32(39)45-27-40-23-24-41-44(37(28(2)3)29(4)5)38(30(6)7)31(8)9/h28-31,36H,20-27H2,1-19H3. The number of carbonyl (C=O) groups is 1. The molecule has 0 saturated carbocycles. The molecular formula is C35H78N3O5PSSi2. The van der Waals surface area contributed by atoms with E-state index in [9.17, 15) is 4.79 Å². The summed E-state index contributed by atoms with van der Waals surface area (Å²) >= 11 is 1.25. The number of carbonyl (C=O) groups excluding carboxylic acids is 1. The molecule has 0 fully saturated rings. The van der Waals surface area contributed by atoms with Crippen LogP contribution in [0.2, 0.25) is 36.3 Å². The topological polar surface area (TPSA) is 72.5 Å². The Morgan fingerprint density at radius 2 is 1.15 bits per heavy atom. The molecule has 282 valence electrons. The first-order chi connectivity index (χ1) is 21.2. The summed E-state index contributed by atoms with van der Waals surface area (Å²) in [5.74, 6) is 0.332. The van der Waals surface area contributed by atoms with Crippen LogP contribution in [-0.2, 0) is 22.9 Å². The summed E-state index contributed by atoms with van der Waals surface area (Å²) in [6.45, 7) is 45.6. The second-order valence-electron chi connectivity index (χ2n) is 17.2. The molecule has 0 unspecified atom stereocenters. The van der Waals surface area contributed by atoms with Gasteiger partial charge in [-0.3, -0.25) is 4.79 Å². The Morgan fingerprint density at radius 3 is 1.49 bits per heavy atom. The smallest absolute Gasteiger partial charge is 0.192 e. The van der Waals surface area contributed by atoms with Crippen molar-refractivity contribution in [1.29, 1.82) is 0 Å². The van der Waals surface area contributed by atoms with E-state index in [1.807, 2.05) is 0 Å². The zero-order chi connectivity index (χ0) is 37.0. The van der Waals surface area contributed by atoms with Crippen molar-refractivity contribution in [3.05, 3.63) is 0 Å². The van der Waals surface area contributed by atoms with E-state index < -0.39 is 25.1 Å². The fourth-order valence-electron chi connectivity index (χ4n) is 4.62. The fraction of sp³-hybridized carbons (Fsp3) is 0.971. The first kappa shape index (κ1) is 47.6. The molecule has 0 heterocycles. The van der Waals surface area contributed by atoms with E-state index >= 15 is 0 Å². The van der Waals surface area contributed by atoms with Crippen LogP contribution in [0.4, 0.5) is 0 Å². The van der Waals surface area contributed by atoms with Gasteiger partial charge in [-0.15, -0.1) is 0 Å². The van der Waals surface area contributed by atoms with Crippen LogP contribution in [0.15, 0.2) is 0 Å². The Morgan fingerprint density at radius 1 is 0.745 bits per heavy atom. The molecule has 0 aromatic rings. The minimum atomic E-state index is -1.96. The molecule has 0 amide bonds. The third kappa shape index (κ3) is 16.2. The van der Waals surface area contributed by atoms with E-state index in [-0.39, 0.29) is 20.7 Å². The summed E-state index contributed by atoms with van der Waals surface area (Å²) in [6, 6.07) is 1.47. The highest BCUT2D eigenvalue weighted by molar-refractivity contribution is 8.13. The molecule has 0 aliphatic carbocycles. The lowest BCUT2D eigenvalue weighted by Gasteiger charge is -2.45. The average molecular weight is 740 g/mol. The van der Waals surface area contributed by atoms with Crippen LogP contribution in [-0.4, -0.2) is 99.7 Å². The highest BCUT2D eigenvalue weighted by Gasteiger charge is 2.43. The lowest BCUT2D eigenvalue weighted by Crippen LogP contribution is -2.58. The first-order valence-corrected chi connectivity index (χ1v) is 26.0. The Balaban J connectivity index is 5.21. The minimum Gasteiger partial charge on any atom is -0.415 e. The molecule has 0 spiro atoms. The lowest BCUT2D eigenvalue weighted by molar-refractivity contribution is -0.111. The Hall–Kier alpha value is 0.604. The van der Waals surface area contributed by atoms with Crippen molar-refractivity contribution < 1.29 is 22.9 Å². The molecule has 0 rings (SSSR count). The molecule has 0 radical (unpaired) electrons. The summed E-state index contributed by atoms with van der Waals surface area (Å²) in [4.78, 5) is 12.9. The zero-order valence-corrected chi connectivity index (χ0v) is 38.0. The van der Waals surface area contributed by atoms with Crippen molar-refractivity contribution in [2.75, 3.05) is 38.9 Å². The predicted octanol–water partition coefficient (Wildman–Crippen LogP) is 9.87. The second-order valence-corrected chi connectivity index (χ2v) is 29.5. The number of hydrogen-bond acceptors (Lipinski definition) is 9. The lowest BCUT2D eigenvalue weighted by atomic mass is 9.98. The van der Waals surface area contributed by atoms with Crippen LogP contribution in [0.1, 0.15) is 117 Å². The molecule has 12 heteroatoms. The highest BCUT2D eigenvalue weighted by atomic mass is 32.2. The van der Waals surface area contributed by atoms with Gasteiger partial charge in [-0.25, -0.2) is 9.34 Å². The average Bonchev–Trinajstić information content (AvgIpc) is 2.89. The molecule has 0 atom stereocenters. The monoisotopic (exact) mass is 739 g/mol. The summed E-state index contributed by atoms with van der Waals surface area (Å²) < 4.78 is 30.9. The van der Waals surface area contributed by atoms with Gasteiger partial charge in [0.1, 0.15) is 0 Å². The molecule has 1 N–H and O–H groups in total. The van der Waals surface area contributed by atoms with Crippen LogP contribution < -0.4 is 5.32 Å². The van der Waals surface area contributed by atoms with Gasteiger partial charge < -0.3 is 23.4 Å². The second kappa shape index (κ2) is 20.6. The van der Waals surface area contributed by atoms with Crippen molar-refractivity contribution in [2.24, 2.45) is 0 Å². The Labute approximate surface area is 300 Å². The first-order valence-electron chi connectivity index (χ1n) is 18.0. The molecule has 0 saturated heterocycles. The highest BCUT2D eigenvalue weighted by Crippen LogP contribution is 2.50. The molecule has 8 nitrogen and oxygen atoms in total. The zero-order valence-electron chi connectivity index (χ0n) is 34.3.